The number of aliphatic carboxylic acids is 2. The zero-order chi connectivity index (χ0) is 26.2. The summed E-state index contributed by atoms with van der Waals surface area (Å²) in [5.41, 5.74) is 1.60. The van der Waals surface area contributed by atoms with Crippen LogP contribution in [0.15, 0.2) is 59.8 Å². The Morgan fingerprint density at radius 2 is 1.49 bits per heavy atom. The van der Waals surface area contributed by atoms with E-state index in [1.54, 1.807) is 26.0 Å². The molecule has 2 heterocycles. The van der Waals surface area contributed by atoms with Gasteiger partial charge in [-0.05, 0) is 44.1 Å². The lowest BCUT2D eigenvalue weighted by Gasteiger charge is -2.48. The zero-order valence-electron chi connectivity index (χ0n) is 21.4. The molecule has 0 aromatic rings. The number of aliphatic hydroxyl groups excluding tert-OH is 1. The largest absolute Gasteiger partial charge is 0.478 e. The fraction of sp³-hybridized carbons (Fsp3) is 0.571. The van der Waals surface area contributed by atoms with E-state index >= 15 is 0 Å². The van der Waals surface area contributed by atoms with Crippen molar-refractivity contribution >= 4 is 11.9 Å². The van der Waals surface area contributed by atoms with Crippen molar-refractivity contribution in [3.8, 4) is 0 Å². The first kappa shape index (κ1) is 28.8. The highest BCUT2D eigenvalue weighted by atomic mass is 16.7. The van der Waals surface area contributed by atoms with Crippen LogP contribution < -0.4 is 0 Å². The van der Waals surface area contributed by atoms with E-state index in [-0.39, 0.29) is 18.1 Å². The van der Waals surface area contributed by atoms with Crippen LogP contribution in [-0.4, -0.2) is 51.4 Å². The van der Waals surface area contributed by atoms with Gasteiger partial charge < -0.3 is 24.8 Å². The monoisotopic (exact) mass is 488 g/mol. The lowest BCUT2D eigenvalue weighted by molar-refractivity contribution is -0.316. The summed E-state index contributed by atoms with van der Waals surface area (Å²) in [6.45, 7) is 9.75. The maximum absolute atomic E-state index is 10.9. The molecule has 7 nitrogen and oxygen atoms in total. The van der Waals surface area contributed by atoms with Crippen molar-refractivity contribution in [2.24, 2.45) is 17.8 Å². The molecule has 2 rings (SSSR count). The van der Waals surface area contributed by atoms with Crippen LogP contribution >= 0.6 is 0 Å². The number of carbonyl (C=O) groups is 2. The first-order valence-electron chi connectivity index (χ1n) is 12.3. The molecule has 0 aromatic heterocycles. The van der Waals surface area contributed by atoms with Gasteiger partial charge in [0.15, 0.2) is 5.79 Å². The van der Waals surface area contributed by atoms with Crippen molar-refractivity contribution < 1.29 is 34.4 Å². The Hall–Kier alpha value is -2.48. The molecule has 2 saturated heterocycles. The number of carboxylic acids is 2. The third-order valence-electron chi connectivity index (χ3n) is 6.75. The Morgan fingerprint density at radius 1 is 0.886 bits per heavy atom. The highest BCUT2D eigenvalue weighted by molar-refractivity contribution is 5.81. The zero-order valence-corrected chi connectivity index (χ0v) is 21.4. The van der Waals surface area contributed by atoms with Crippen LogP contribution in [0, 0.1) is 17.8 Å². The van der Waals surface area contributed by atoms with Gasteiger partial charge in [-0.25, -0.2) is 9.59 Å². The van der Waals surface area contributed by atoms with Gasteiger partial charge in [-0.1, -0.05) is 62.8 Å². The molecule has 0 radical (unpaired) electrons. The minimum absolute atomic E-state index is 0.137. The smallest absolute Gasteiger partial charge is 0.328 e. The van der Waals surface area contributed by atoms with E-state index in [1.165, 1.54) is 12.2 Å². The molecule has 0 saturated carbocycles. The molecule has 0 aliphatic carbocycles. The molecule has 0 amide bonds. The third-order valence-corrected chi connectivity index (χ3v) is 6.75. The summed E-state index contributed by atoms with van der Waals surface area (Å²) in [5.74, 6) is -2.38. The predicted octanol–water partition coefficient (Wildman–Crippen LogP) is 5.04. The van der Waals surface area contributed by atoms with Crippen molar-refractivity contribution in [1.29, 1.82) is 0 Å². The van der Waals surface area contributed by atoms with Gasteiger partial charge in [0.25, 0.3) is 0 Å². The molecule has 7 atom stereocenters. The Balaban J connectivity index is 2.09. The molecule has 35 heavy (non-hydrogen) atoms. The third kappa shape index (κ3) is 9.24. The SMILES string of the molecule is CC(/C=C/[C@H]1OC2(CC[C@H]1C)CC[C@@H](C)[C@@H](/C=C(C)/C=C/C(O)C(C)/C=C/C(=O)O)O2)=C\C(=O)O. The fourth-order valence-corrected chi connectivity index (χ4v) is 4.35. The lowest BCUT2D eigenvalue weighted by Crippen LogP contribution is -2.51. The van der Waals surface area contributed by atoms with Gasteiger partial charge in [-0.15, -0.1) is 0 Å². The van der Waals surface area contributed by atoms with Gasteiger partial charge in [-0.3, -0.25) is 0 Å². The number of hydrogen-bond acceptors (Lipinski definition) is 5. The average molecular weight is 489 g/mol. The topological polar surface area (TPSA) is 113 Å². The second kappa shape index (κ2) is 13.0. The van der Waals surface area contributed by atoms with E-state index in [2.05, 4.69) is 19.9 Å². The quantitative estimate of drug-likeness (QED) is 0.308. The molecule has 0 bridgehead atoms. The summed E-state index contributed by atoms with van der Waals surface area (Å²) in [6.07, 6.45) is 15.4. The van der Waals surface area contributed by atoms with Crippen LogP contribution in [0.4, 0.5) is 0 Å². The molecule has 3 unspecified atom stereocenters. The summed E-state index contributed by atoms with van der Waals surface area (Å²) in [7, 11) is 0. The van der Waals surface area contributed by atoms with E-state index in [0.29, 0.717) is 17.4 Å². The molecule has 7 heteroatoms. The Bertz CT molecular complexity index is 893. The first-order chi connectivity index (χ1) is 16.4. The normalized spacial score (nSPS) is 32.5. The van der Waals surface area contributed by atoms with Gasteiger partial charge in [0.05, 0.1) is 18.3 Å². The van der Waals surface area contributed by atoms with E-state index in [9.17, 15) is 14.7 Å². The first-order valence-corrected chi connectivity index (χ1v) is 12.3. The summed E-state index contributed by atoms with van der Waals surface area (Å²) in [4.78, 5) is 21.6. The number of hydrogen-bond donors (Lipinski definition) is 3. The van der Waals surface area contributed by atoms with Gasteiger partial charge >= 0.3 is 11.9 Å². The highest BCUT2D eigenvalue weighted by Crippen LogP contribution is 2.43. The molecule has 2 aliphatic rings. The fourth-order valence-electron chi connectivity index (χ4n) is 4.35. The second-order valence-corrected chi connectivity index (χ2v) is 10.0. The van der Waals surface area contributed by atoms with Crippen molar-refractivity contribution in [3.63, 3.8) is 0 Å². The number of rotatable bonds is 9. The molecule has 0 aromatic carbocycles. The Kier molecular flexibility index (Phi) is 10.7. The van der Waals surface area contributed by atoms with Crippen LogP contribution in [0.1, 0.15) is 60.3 Å². The molecule has 3 N–H and O–H groups in total. The Labute approximate surface area is 208 Å². The van der Waals surface area contributed by atoms with Crippen LogP contribution in [0.5, 0.6) is 0 Å². The van der Waals surface area contributed by atoms with E-state index in [1.807, 2.05) is 19.1 Å². The maximum Gasteiger partial charge on any atom is 0.328 e. The second-order valence-electron chi connectivity index (χ2n) is 10.0. The summed E-state index contributed by atoms with van der Waals surface area (Å²) < 4.78 is 13.0. The van der Waals surface area contributed by atoms with Crippen molar-refractivity contribution in [3.05, 3.63) is 59.8 Å². The summed E-state index contributed by atoms with van der Waals surface area (Å²) >= 11 is 0. The van der Waals surface area contributed by atoms with Crippen LogP contribution in [-0.2, 0) is 19.1 Å². The number of carboxylic acid groups (broad SMARTS) is 2. The van der Waals surface area contributed by atoms with Crippen molar-refractivity contribution in [1.82, 2.24) is 0 Å². The number of allylic oxidation sites excluding steroid dienone is 4. The average Bonchev–Trinajstić information content (AvgIpc) is 2.78. The minimum Gasteiger partial charge on any atom is -0.478 e. The molecule has 194 valence electrons. The molecule has 2 aliphatic heterocycles. The molecular weight excluding hydrogens is 448 g/mol. The lowest BCUT2D eigenvalue weighted by atomic mass is 9.84. The molecule has 2 fully saturated rings. The van der Waals surface area contributed by atoms with Crippen molar-refractivity contribution in [2.45, 2.75) is 84.4 Å². The van der Waals surface area contributed by atoms with Gasteiger partial charge in [0.1, 0.15) is 0 Å². The van der Waals surface area contributed by atoms with Gasteiger partial charge in [-0.2, -0.15) is 0 Å². The van der Waals surface area contributed by atoms with E-state index in [4.69, 9.17) is 19.7 Å². The molecular formula is C28H40O7. The van der Waals surface area contributed by atoms with E-state index < -0.39 is 23.8 Å². The van der Waals surface area contributed by atoms with Gasteiger partial charge in [0.2, 0.25) is 0 Å². The highest BCUT2D eigenvalue weighted by Gasteiger charge is 2.45. The predicted molar refractivity (Wildman–Crippen MR) is 135 cm³/mol. The van der Waals surface area contributed by atoms with E-state index in [0.717, 1.165) is 37.3 Å². The van der Waals surface area contributed by atoms with Gasteiger partial charge in [0, 0.05) is 30.9 Å². The standard InChI is InChI=1S/C28H40O7/c1-18(6-9-23(29)20(3)8-11-26(30)31)16-25-22(5)13-15-28(35-25)14-12-21(4)24(34-28)10-7-19(2)17-27(32)33/h6-11,16-17,20-25,29H,12-15H2,1-5H3,(H,30,31)(H,32,33)/b9-6+,10-7+,11-8+,18-16+,19-17+/t20?,21-,22-,23?,24-,25-,28?/m1/s1. The van der Waals surface area contributed by atoms with Crippen LogP contribution in [0.2, 0.25) is 0 Å². The van der Waals surface area contributed by atoms with Crippen LogP contribution in [0.25, 0.3) is 0 Å². The van der Waals surface area contributed by atoms with Crippen LogP contribution in [0.3, 0.4) is 0 Å². The summed E-state index contributed by atoms with van der Waals surface area (Å²) in [6, 6.07) is 0. The Morgan fingerprint density at radius 3 is 2.09 bits per heavy atom. The number of aliphatic hydroxyl groups is 1. The minimum atomic E-state index is -1.04. The molecule has 1 spiro atoms. The number of ether oxygens (including phenoxy) is 2. The maximum atomic E-state index is 10.9. The summed E-state index contributed by atoms with van der Waals surface area (Å²) in [5, 5.41) is 27.9. The van der Waals surface area contributed by atoms with Crippen molar-refractivity contribution in [2.75, 3.05) is 0 Å².